The Bertz CT molecular complexity index is 1070. The average Bonchev–Trinajstić information content (AvgIpc) is 3.35. The number of carbonyl (C=O) groups excluding carboxylic acids is 2. The fourth-order valence-corrected chi connectivity index (χ4v) is 2.78. The van der Waals surface area contributed by atoms with E-state index in [0.29, 0.717) is 34.3 Å². The number of furan rings is 1. The smallest absolute Gasteiger partial charge is 0.262 e. The lowest BCUT2D eigenvalue weighted by Gasteiger charge is -2.09. The van der Waals surface area contributed by atoms with E-state index in [1.165, 1.54) is 12.3 Å². The van der Waals surface area contributed by atoms with Crippen molar-refractivity contribution in [3.63, 3.8) is 0 Å². The minimum atomic E-state index is -0.314. The quantitative estimate of drug-likeness (QED) is 0.641. The summed E-state index contributed by atoms with van der Waals surface area (Å²) in [6.07, 6.45) is 3.05. The van der Waals surface area contributed by atoms with Gasteiger partial charge in [0.2, 0.25) is 5.78 Å². The van der Waals surface area contributed by atoms with Gasteiger partial charge in [-0.3, -0.25) is 9.59 Å². The minimum absolute atomic E-state index is 0.171. The van der Waals surface area contributed by atoms with Crippen molar-refractivity contribution in [1.82, 2.24) is 0 Å². The maximum atomic E-state index is 12.4. The number of allylic oxidation sites excluding steroid dienone is 1. The molecular formula is C22H17NO6. The molecule has 29 heavy (non-hydrogen) atoms. The molecule has 1 N–H and O–H groups in total. The molecule has 1 amide bonds. The van der Waals surface area contributed by atoms with Crippen LogP contribution in [0.4, 0.5) is 5.69 Å². The first kappa shape index (κ1) is 18.4. The number of carbonyl (C=O) groups is 2. The van der Waals surface area contributed by atoms with E-state index in [1.807, 2.05) is 0 Å². The first-order chi connectivity index (χ1) is 14.1. The van der Waals surface area contributed by atoms with Crippen molar-refractivity contribution >= 4 is 23.5 Å². The van der Waals surface area contributed by atoms with Crippen LogP contribution in [0.1, 0.15) is 16.1 Å². The summed E-state index contributed by atoms with van der Waals surface area (Å²) in [7, 11) is 1.57. The van der Waals surface area contributed by atoms with Gasteiger partial charge in [-0.15, -0.1) is 0 Å². The molecule has 146 valence electrons. The third-order valence-electron chi connectivity index (χ3n) is 4.20. The van der Waals surface area contributed by atoms with E-state index < -0.39 is 0 Å². The maximum absolute atomic E-state index is 12.4. The zero-order valence-electron chi connectivity index (χ0n) is 15.5. The number of Topliss-reactive ketones (excluding diaryl/α,β-unsaturated/α-hetero) is 1. The summed E-state index contributed by atoms with van der Waals surface area (Å²) in [5.74, 6) is 1.64. The molecule has 0 radical (unpaired) electrons. The second-order valence-electron chi connectivity index (χ2n) is 6.18. The molecule has 0 saturated heterocycles. The molecule has 0 spiro atoms. The molecule has 0 unspecified atom stereocenters. The van der Waals surface area contributed by atoms with Crippen molar-refractivity contribution in [1.29, 1.82) is 0 Å². The highest BCUT2D eigenvalue weighted by atomic mass is 16.5. The van der Waals surface area contributed by atoms with Gasteiger partial charge in [0.1, 0.15) is 23.0 Å². The van der Waals surface area contributed by atoms with Gasteiger partial charge in [0.05, 0.1) is 18.9 Å². The van der Waals surface area contributed by atoms with Crippen LogP contribution in [0, 0.1) is 0 Å². The normalized spacial score (nSPS) is 13.7. The number of ether oxygens (including phenoxy) is 3. The zero-order valence-corrected chi connectivity index (χ0v) is 15.5. The van der Waals surface area contributed by atoms with Crippen LogP contribution in [0.25, 0.3) is 6.08 Å². The number of ketones is 1. The Labute approximate surface area is 166 Å². The number of anilines is 1. The lowest BCUT2D eigenvalue weighted by molar-refractivity contribution is -0.118. The maximum Gasteiger partial charge on any atom is 0.262 e. The third kappa shape index (κ3) is 4.14. The van der Waals surface area contributed by atoms with Crippen molar-refractivity contribution in [3.05, 3.63) is 77.9 Å². The largest absolute Gasteiger partial charge is 0.497 e. The molecule has 2 aromatic carbocycles. The number of hydrogen-bond donors (Lipinski definition) is 1. The summed E-state index contributed by atoms with van der Waals surface area (Å²) in [5.41, 5.74) is 1.06. The van der Waals surface area contributed by atoms with Crippen molar-refractivity contribution in [3.8, 4) is 17.2 Å². The zero-order chi connectivity index (χ0) is 20.2. The molecule has 4 rings (SSSR count). The highest BCUT2D eigenvalue weighted by molar-refractivity contribution is 6.14. The Balaban J connectivity index is 1.38. The van der Waals surface area contributed by atoms with Gasteiger partial charge in [0.15, 0.2) is 12.4 Å². The lowest BCUT2D eigenvalue weighted by atomic mass is 10.1. The van der Waals surface area contributed by atoms with Crippen molar-refractivity contribution in [2.75, 3.05) is 19.0 Å². The number of hydrogen-bond acceptors (Lipinski definition) is 6. The van der Waals surface area contributed by atoms with Crippen molar-refractivity contribution in [2.45, 2.75) is 0 Å². The highest BCUT2D eigenvalue weighted by Crippen LogP contribution is 2.34. The SMILES string of the molecule is COc1ccc(NC(=O)COc2ccc3c(c2)OC(=Cc2ccco2)C3=O)cc1. The molecule has 0 atom stereocenters. The van der Waals surface area contributed by atoms with Gasteiger partial charge in [-0.2, -0.15) is 0 Å². The Morgan fingerprint density at radius 3 is 2.62 bits per heavy atom. The highest BCUT2D eigenvalue weighted by Gasteiger charge is 2.28. The number of rotatable bonds is 6. The number of nitrogens with one attached hydrogen (secondary N) is 1. The first-order valence-corrected chi connectivity index (χ1v) is 8.81. The van der Waals surface area contributed by atoms with Gasteiger partial charge in [0, 0.05) is 17.8 Å². The first-order valence-electron chi connectivity index (χ1n) is 8.81. The molecule has 2 heterocycles. The molecule has 0 fully saturated rings. The molecule has 7 heteroatoms. The predicted octanol–water partition coefficient (Wildman–Crippen LogP) is 3.92. The molecule has 0 bridgehead atoms. The molecule has 1 aromatic heterocycles. The van der Waals surface area contributed by atoms with Crippen molar-refractivity contribution in [2.24, 2.45) is 0 Å². The molecule has 0 aliphatic carbocycles. The number of methoxy groups -OCH3 is 1. The molecule has 0 saturated carbocycles. The molecule has 1 aliphatic rings. The van der Waals surface area contributed by atoms with E-state index in [-0.39, 0.29) is 24.1 Å². The number of fused-ring (bicyclic) bond motifs is 1. The van der Waals surface area contributed by atoms with Crippen LogP contribution in [-0.2, 0) is 4.79 Å². The fourth-order valence-electron chi connectivity index (χ4n) is 2.78. The van der Waals surface area contributed by atoms with E-state index in [1.54, 1.807) is 61.7 Å². The second kappa shape index (κ2) is 7.93. The fraction of sp³-hybridized carbons (Fsp3) is 0.0909. The van der Waals surface area contributed by atoms with Gasteiger partial charge in [0.25, 0.3) is 5.91 Å². The van der Waals surface area contributed by atoms with E-state index in [0.717, 1.165) is 0 Å². The van der Waals surface area contributed by atoms with E-state index in [9.17, 15) is 9.59 Å². The van der Waals surface area contributed by atoms with Crippen LogP contribution in [0.5, 0.6) is 17.2 Å². The van der Waals surface area contributed by atoms with Gasteiger partial charge in [-0.05, 0) is 48.5 Å². The van der Waals surface area contributed by atoms with Gasteiger partial charge < -0.3 is 23.9 Å². The van der Waals surface area contributed by atoms with Crippen LogP contribution in [-0.4, -0.2) is 25.4 Å². The summed E-state index contributed by atoms with van der Waals surface area (Å²) in [5, 5.41) is 2.73. The summed E-state index contributed by atoms with van der Waals surface area (Å²) in [4.78, 5) is 24.5. The molecular weight excluding hydrogens is 374 g/mol. The van der Waals surface area contributed by atoms with Gasteiger partial charge in [-0.1, -0.05) is 0 Å². The van der Waals surface area contributed by atoms with Gasteiger partial charge >= 0.3 is 0 Å². The Hall–Kier alpha value is -4.00. The second-order valence-corrected chi connectivity index (χ2v) is 6.18. The molecule has 7 nitrogen and oxygen atoms in total. The summed E-state index contributed by atoms with van der Waals surface area (Å²) >= 11 is 0. The van der Waals surface area contributed by atoms with E-state index >= 15 is 0 Å². The summed E-state index contributed by atoms with van der Waals surface area (Å²) in [6.45, 7) is -0.187. The number of amides is 1. The third-order valence-corrected chi connectivity index (χ3v) is 4.20. The monoisotopic (exact) mass is 391 g/mol. The Morgan fingerprint density at radius 1 is 1.10 bits per heavy atom. The molecule has 3 aromatic rings. The predicted molar refractivity (Wildman–Crippen MR) is 105 cm³/mol. The lowest BCUT2D eigenvalue weighted by Crippen LogP contribution is -2.20. The van der Waals surface area contributed by atoms with E-state index in [4.69, 9.17) is 18.6 Å². The number of benzene rings is 2. The Kier molecular flexibility index (Phi) is 5.03. The standard InChI is InChI=1S/C22H17NO6/c1-26-15-6-4-14(5-7-15)23-21(24)13-28-17-8-9-18-19(11-17)29-20(22(18)25)12-16-3-2-10-27-16/h2-12H,13H2,1H3,(H,23,24). The average molecular weight is 391 g/mol. The van der Waals surface area contributed by atoms with Gasteiger partial charge in [-0.25, -0.2) is 0 Å². The van der Waals surface area contributed by atoms with Crippen molar-refractivity contribution < 1.29 is 28.2 Å². The van der Waals surface area contributed by atoms with Crippen LogP contribution >= 0.6 is 0 Å². The minimum Gasteiger partial charge on any atom is -0.497 e. The van der Waals surface area contributed by atoms with Crippen LogP contribution in [0.2, 0.25) is 0 Å². The summed E-state index contributed by atoms with van der Waals surface area (Å²) in [6, 6.07) is 15.2. The van der Waals surface area contributed by atoms with Crippen LogP contribution < -0.4 is 19.5 Å². The molecule has 1 aliphatic heterocycles. The van der Waals surface area contributed by atoms with E-state index in [2.05, 4.69) is 5.32 Å². The summed E-state index contributed by atoms with van der Waals surface area (Å²) < 4.78 is 21.4. The Morgan fingerprint density at radius 2 is 1.90 bits per heavy atom. The van der Waals surface area contributed by atoms with Crippen LogP contribution in [0.15, 0.2) is 71.0 Å². The van der Waals surface area contributed by atoms with Crippen LogP contribution in [0.3, 0.4) is 0 Å². The topological polar surface area (TPSA) is 87.0 Å².